The van der Waals surface area contributed by atoms with Gasteiger partial charge in [-0.1, -0.05) is 6.42 Å². The average Bonchev–Trinajstić information content (AvgIpc) is 3.00. The van der Waals surface area contributed by atoms with Gasteiger partial charge in [0.25, 0.3) is 0 Å². The van der Waals surface area contributed by atoms with Crippen LogP contribution in [0.15, 0.2) is 0 Å². The SMILES string of the molecule is O=C(OCCC(F)(F)C(F)(F)S(=O)O)C1CC2CCC1C2. The van der Waals surface area contributed by atoms with Crippen LogP contribution in [0.3, 0.4) is 0 Å². The molecule has 2 aliphatic rings. The summed E-state index contributed by atoms with van der Waals surface area (Å²) in [4.78, 5) is 11.7. The summed E-state index contributed by atoms with van der Waals surface area (Å²) in [6.07, 6.45) is 2.07. The van der Waals surface area contributed by atoms with E-state index in [1.54, 1.807) is 0 Å². The minimum atomic E-state index is -5.06. The topological polar surface area (TPSA) is 63.6 Å². The molecule has 9 heteroatoms. The van der Waals surface area contributed by atoms with Gasteiger partial charge in [0.05, 0.1) is 18.9 Å². The van der Waals surface area contributed by atoms with Crippen LogP contribution in [0.4, 0.5) is 17.6 Å². The lowest BCUT2D eigenvalue weighted by atomic mass is 9.89. The summed E-state index contributed by atoms with van der Waals surface area (Å²) in [7, 11) is 0. The number of hydrogen-bond acceptors (Lipinski definition) is 3. The summed E-state index contributed by atoms with van der Waals surface area (Å²) in [5.41, 5.74) is 0. The molecule has 2 fully saturated rings. The first kappa shape index (κ1) is 16.7. The number of carbonyl (C=O) groups is 1. The first-order chi connectivity index (χ1) is 9.65. The molecule has 0 spiro atoms. The zero-order chi connectivity index (χ0) is 15.8. The smallest absolute Gasteiger partial charge is 0.406 e. The Labute approximate surface area is 121 Å². The minimum absolute atomic E-state index is 0.203. The molecule has 2 aliphatic carbocycles. The fourth-order valence-corrected chi connectivity index (χ4v) is 3.55. The second-order valence-corrected chi connectivity index (χ2v) is 6.68. The third-order valence-corrected chi connectivity index (χ3v) is 5.08. The number of esters is 1. The molecule has 0 radical (unpaired) electrons. The molecule has 0 aliphatic heterocycles. The molecule has 2 bridgehead atoms. The second-order valence-electron chi connectivity index (χ2n) is 5.67. The van der Waals surface area contributed by atoms with Crippen molar-refractivity contribution in [1.29, 1.82) is 0 Å². The summed E-state index contributed by atoms with van der Waals surface area (Å²) in [5.74, 6) is -5.00. The first-order valence-electron chi connectivity index (χ1n) is 6.68. The highest BCUT2D eigenvalue weighted by Gasteiger charge is 2.61. The maximum Gasteiger partial charge on any atom is 0.406 e. The highest BCUT2D eigenvalue weighted by Crippen LogP contribution is 2.48. The Bertz CT molecular complexity index is 443. The van der Waals surface area contributed by atoms with Gasteiger partial charge in [-0.3, -0.25) is 4.79 Å². The summed E-state index contributed by atoms with van der Waals surface area (Å²) in [5, 5.41) is -5.06. The largest absolute Gasteiger partial charge is 0.465 e. The van der Waals surface area contributed by atoms with Gasteiger partial charge in [0.1, 0.15) is 0 Å². The van der Waals surface area contributed by atoms with Crippen molar-refractivity contribution >= 4 is 17.0 Å². The van der Waals surface area contributed by atoms with Crippen LogP contribution < -0.4 is 0 Å². The number of ether oxygens (including phenoxy) is 1. The zero-order valence-electron chi connectivity index (χ0n) is 11.1. The molecule has 0 aromatic heterocycles. The molecule has 0 amide bonds. The van der Waals surface area contributed by atoms with Crippen LogP contribution in [-0.2, 0) is 20.6 Å². The van der Waals surface area contributed by atoms with E-state index >= 15 is 0 Å². The zero-order valence-corrected chi connectivity index (χ0v) is 11.9. The van der Waals surface area contributed by atoms with E-state index in [2.05, 4.69) is 4.74 Å². The number of halogens is 4. The molecule has 4 unspecified atom stereocenters. The fraction of sp³-hybridized carbons (Fsp3) is 0.917. The number of rotatable bonds is 6. The van der Waals surface area contributed by atoms with Crippen molar-refractivity contribution in [3.8, 4) is 0 Å². The van der Waals surface area contributed by atoms with Crippen LogP contribution >= 0.6 is 0 Å². The molecule has 1 N–H and O–H groups in total. The molecule has 4 atom stereocenters. The number of hydrogen-bond donors (Lipinski definition) is 1. The Morgan fingerprint density at radius 1 is 1.24 bits per heavy atom. The highest BCUT2D eigenvalue weighted by molar-refractivity contribution is 7.80. The predicted octanol–water partition coefficient (Wildman–Crippen LogP) is 2.81. The van der Waals surface area contributed by atoms with Crippen molar-refractivity contribution < 1.29 is 35.9 Å². The van der Waals surface area contributed by atoms with E-state index in [9.17, 15) is 26.6 Å². The molecular formula is C12H16F4O4S. The molecule has 2 rings (SSSR count). The molecule has 122 valence electrons. The predicted molar refractivity (Wildman–Crippen MR) is 65.2 cm³/mol. The Morgan fingerprint density at radius 2 is 1.90 bits per heavy atom. The van der Waals surface area contributed by atoms with E-state index < -0.39 is 41.3 Å². The molecule has 21 heavy (non-hydrogen) atoms. The van der Waals surface area contributed by atoms with Gasteiger partial charge in [-0.2, -0.15) is 17.6 Å². The van der Waals surface area contributed by atoms with E-state index in [0.717, 1.165) is 19.3 Å². The number of fused-ring (bicyclic) bond motifs is 2. The third kappa shape index (κ3) is 3.23. The molecule has 0 saturated heterocycles. The summed E-state index contributed by atoms with van der Waals surface area (Å²) in [6.45, 7) is -0.896. The van der Waals surface area contributed by atoms with Crippen LogP contribution in [0.5, 0.6) is 0 Å². The molecule has 2 saturated carbocycles. The Hall–Kier alpha value is -0.700. The maximum absolute atomic E-state index is 13.1. The molecule has 0 aromatic carbocycles. The second kappa shape index (κ2) is 5.83. The van der Waals surface area contributed by atoms with Gasteiger partial charge in [-0.25, -0.2) is 4.21 Å². The molecular weight excluding hydrogens is 316 g/mol. The van der Waals surface area contributed by atoms with Gasteiger partial charge < -0.3 is 9.29 Å². The van der Waals surface area contributed by atoms with E-state index in [-0.39, 0.29) is 11.8 Å². The monoisotopic (exact) mass is 332 g/mol. The Balaban J connectivity index is 1.81. The Morgan fingerprint density at radius 3 is 2.38 bits per heavy atom. The van der Waals surface area contributed by atoms with E-state index in [1.807, 2.05) is 0 Å². The van der Waals surface area contributed by atoms with E-state index in [0.29, 0.717) is 12.3 Å². The fourth-order valence-electron chi connectivity index (χ4n) is 3.19. The lowest BCUT2D eigenvalue weighted by molar-refractivity contribution is -0.174. The van der Waals surface area contributed by atoms with Crippen LogP contribution in [0, 0.1) is 17.8 Å². The maximum atomic E-state index is 13.1. The van der Waals surface area contributed by atoms with Crippen molar-refractivity contribution in [2.75, 3.05) is 6.61 Å². The van der Waals surface area contributed by atoms with E-state index in [1.165, 1.54) is 0 Å². The molecule has 4 nitrogen and oxygen atoms in total. The van der Waals surface area contributed by atoms with Crippen molar-refractivity contribution in [2.24, 2.45) is 17.8 Å². The van der Waals surface area contributed by atoms with Gasteiger partial charge in [-0.05, 0) is 31.1 Å². The number of carbonyl (C=O) groups excluding carboxylic acids is 1. The average molecular weight is 332 g/mol. The van der Waals surface area contributed by atoms with Crippen LogP contribution in [0.2, 0.25) is 0 Å². The molecule has 0 aromatic rings. The van der Waals surface area contributed by atoms with Crippen LogP contribution in [0.25, 0.3) is 0 Å². The van der Waals surface area contributed by atoms with E-state index in [4.69, 9.17) is 4.55 Å². The van der Waals surface area contributed by atoms with Crippen LogP contribution in [0.1, 0.15) is 32.1 Å². The summed E-state index contributed by atoms with van der Waals surface area (Å²) in [6, 6.07) is 0. The lowest BCUT2D eigenvalue weighted by Gasteiger charge is -2.24. The highest BCUT2D eigenvalue weighted by atomic mass is 32.2. The third-order valence-electron chi connectivity index (χ3n) is 4.35. The van der Waals surface area contributed by atoms with Gasteiger partial charge in [-0.15, -0.1) is 0 Å². The lowest BCUT2D eigenvalue weighted by Crippen LogP contribution is -2.44. The van der Waals surface area contributed by atoms with Crippen LogP contribution in [-0.4, -0.2) is 32.5 Å². The summed E-state index contributed by atoms with van der Waals surface area (Å²) < 4.78 is 75.0. The summed E-state index contributed by atoms with van der Waals surface area (Å²) >= 11 is -3.99. The van der Waals surface area contributed by atoms with Crippen molar-refractivity contribution in [2.45, 2.75) is 43.3 Å². The van der Waals surface area contributed by atoms with Gasteiger partial charge in [0.2, 0.25) is 11.1 Å². The van der Waals surface area contributed by atoms with Crippen molar-refractivity contribution in [3.63, 3.8) is 0 Å². The quantitative estimate of drug-likeness (QED) is 0.461. The minimum Gasteiger partial charge on any atom is -0.465 e. The van der Waals surface area contributed by atoms with Crippen molar-refractivity contribution in [3.05, 3.63) is 0 Å². The standard InChI is InChI=1S/C12H16F4O4S/c13-11(14,12(15,16)21(18)19)3-4-20-10(17)9-6-7-1-2-8(9)5-7/h7-9H,1-6H2,(H,18,19). The normalized spacial score (nSPS) is 30.4. The van der Waals surface area contributed by atoms with Gasteiger partial charge in [0.15, 0.2) is 0 Å². The number of alkyl halides is 4. The molecule has 0 heterocycles. The Kier molecular flexibility index (Phi) is 4.63. The van der Waals surface area contributed by atoms with Gasteiger partial charge in [0, 0.05) is 0 Å². The first-order valence-corrected chi connectivity index (χ1v) is 7.79. The van der Waals surface area contributed by atoms with Gasteiger partial charge >= 0.3 is 17.1 Å². The van der Waals surface area contributed by atoms with Crippen molar-refractivity contribution in [1.82, 2.24) is 0 Å².